The quantitative estimate of drug-likeness (QED) is 0.809. The number of nitrogens with one attached hydrogen (secondary N) is 1. The monoisotopic (exact) mass is 299 g/mol. The van der Waals surface area contributed by atoms with Crippen molar-refractivity contribution in [2.24, 2.45) is 11.3 Å². The molecule has 0 aromatic heterocycles. The Bertz CT molecular complexity index is 388. The summed E-state index contributed by atoms with van der Waals surface area (Å²) < 4.78 is 10.5. The molecule has 0 saturated heterocycles. The van der Waals surface area contributed by atoms with E-state index in [4.69, 9.17) is 9.47 Å². The Morgan fingerprint density at radius 3 is 2.38 bits per heavy atom. The summed E-state index contributed by atoms with van der Waals surface area (Å²) in [5.41, 5.74) is -1.04. The highest BCUT2D eigenvalue weighted by molar-refractivity contribution is 5.77. The summed E-state index contributed by atoms with van der Waals surface area (Å²) in [6.45, 7) is 11.7. The lowest BCUT2D eigenvalue weighted by atomic mass is 9.78. The van der Waals surface area contributed by atoms with Gasteiger partial charge in [-0.15, -0.1) is 0 Å². The maximum atomic E-state index is 12.2. The normalized spacial score (nSPS) is 29.0. The van der Waals surface area contributed by atoms with Gasteiger partial charge in [-0.05, 0) is 53.4 Å². The van der Waals surface area contributed by atoms with Gasteiger partial charge in [0.2, 0.25) is 0 Å². The molecule has 122 valence electrons. The molecule has 1 fully saturated rings. The minimum Gasteiger partial charge on any atom is -0.466 e. The predicted molar refractivity (Wildman–Crippen MR) is 80.9 cm³/mol. The number of alkyl carbamates (subject to hydrolysis) is 1. The van der Waals surface area contributed by atoms with E-state index in [1.165, 1.54) is 0 Å². The minimum atomic E-state index is -0.523. The van der Waals surface area contributed by atoms with Crippen molar-refractivity contribution in [1.29, 1.82) is 0 Å². The van der Waals surface area contributed by atoms with Crippen LogP contribution in [0.15, 0.2) is 0 Å². The number of amides is 1. The Balaban J connectivity index is 2.69. The first-order valence-electron chi connectivity index (χ1n) is 7.79. The van der Waals surface area contributed by atoms with E-state index < -0.39 is 17.1 Å². The van der Waals surface area contributed by atoms with Crippen molar-refractivity contribution in [1.82, 2.24) is 5.32 Å². The lowest BCUT2D eigenvalue weighted by Gasteiger charge is -2.28. The average Bonchev–Trinajstić information content (AvgIpc) is 2.64. The van der Waals surface area contributed by atoms with E-state index in [2.05, 4.69) is 12.2 Å². The van der Waals surface area contributed by atoms with Crippen LogP contribution in [0.5, 0.6) is 0 Å². The summed E-state index contributed by atoms with van der Waals surface area (Å²) in [5.74, 6) is 0.0572. The maximum absolute atomic E-state index is 12.2. The molecule has 0 bridgehead atoms. The van der Waals surface area contributed by atoms with Gasteiger partial charge in [0.25, 0.3) is 0 Å². The van der Waals surface area contributed by atoms with E-state index in [1.807, 2.05) is 34.6 Å². The molecule has 1 aliphatic rings. The van der Waals surface area contributed by atoms with Crippen LogP contribution in [-0.4, -0.2) is 30.3 Å². The van der Waals surface area contributed by atoms with Crippen LogP contribution in [0, 0.1) is 11.3 Å². The number of hydrogen-bond acceptors (Lipinski definition) is 4. The van der Waals surface area contributed by atoms with Crippen molar-refractivity contribution in [3.05, 3.63) is 0 Å². The van der Waals surface area contributed by atoms with Crippen LogP contribution in [0.3, 0.4) is 0 Å². The van der Waals surface area contributed by atoms with E-state index >= 15 is 0 Å². The predicted octanol–water partition coefficient (Wildman–Crippen LogP) is 3.27. The van der Waals surface area contributed by atoms with Crippen LogP contribution < -0.4 is 5.32 Å². The van der Waals surface area contributed by atoms with E-state index in [1.54, 1.807) is 0 Å². The van der Waals surface area contributed by atoms with Gasteiger partial charge >= 0.3 is 12.1 Å². The molecular weight excluding hydrogens is 270 g/mol. The van der Waals surface area contributed by atoms with Crippen LogP contribution >= 0.6 is 0 Å². The van der Waals surface area contributed by atoms with Gasteiger partial charge in [0.05, 0.1) is 12.0 Å². The fourth-order valence-electron chi connectivity index (χ4n) is 3.11. The van der Waals surface area contributed by atoms with Crippen molar-refractivity contribution >= 4 is 12.1 Å². The molecule has 21 heavy (non-hydrogen) atoms. The first-order chi connectivity index (χ1) is 9.62. The Morgan fingerprint density at radius 2 is 1.90 bits per heavy atom. The largest absolute Gasteiger partial charge is 0.466 e. The highest BCUT2D eigenvalue weighted by Crippen LogP contribution is 2.46. The fraction of sp³-hybridized carbons (Fsp3) is 0.875. The molecule has 1 aliphatic carbocycles. The Hall–Kier alpha value is -1.26. The van der Waals surface area contributed by atoms with Gasteiger partial charge in [-0.25, -0.2) is 4.79 Å². The average molecular weight is 299 g/mol. The molecule has 0 radical (unpaired) electrons. The van der Waals surface area contributed by atoms with Gasteiger partial charge in [-0.3, -0.25) is 4.79 Å². The molecular formula is C16H29NO4. The first kappa shape index (κ1) is 17.8. The molecule has 3 atom stereocenters. The fourth-order valence-corrected chi connectivity index (χ4v) is 3.11. The van der Waals surface area contributed by atoms with E-state index in [0.717, 1.165) is 12.8 Å². The zero-order valence-electron chi connectivity index (χ0n) is 14.1. The SMILES string of the molecule is CCOC(=O)[C@]1(C)C[C@@H](NC(=O)OC(C)(C)C)C[C@H]1CC. The van der Waals surface area contributed by atoms with Gasteiger partial charge in [-0.2, -0.15) is 0 Å². The summed E-state index contributed by atoms with van der Waals surface area (Å²) in [6, 6.07) is -0.0424. The van der Waals surface area contributed by atoms with Crippen molar-refractivity contribution in [2.75, 3.05) is 6.61 Å². The lowest BCUT2D eigenvalue weighted by molar-refractivity contribution is -0.156. The second-order valence-corrected chi connectivity index (χ2v) is 7.03. The third kappa shape index (κ3) is 4.61. The van der Waals surface area contributed by atoms with Crippen LogP contribution in [0.4, 0.5) is 4.79 Å². The highest BCUT2D eigenvalue weighted by Gasteiger charge is 2.49. The molecule has 0 spiro atoms. The van der Waals surface area contributed by atoms with Crippen LogP contribution in [0.2, 0.25) is 0 Å². The highest BCUT2D eigenvalue weighted by atomic mass is 16.6. The second kappa shape index (κ2) is 6.67. The summed E-state index contributed by atoms with van der Waals surface area (Å²) in [6.07, 6.45) is 1.85. The molecule has 0 unspecified atom stereocenters. The molecule has 0 aromatic carbocycles. The van der Waals surface area contributed by atoms with E-state index in [-0.39, 0.29) is 17.9 Å². The molecule has 1 rings (SSSR count). The van der Waals surface area contributed by atoms with Gasteiger partial charge in [0.1, 0.15) is 5.60 Å². The molecule has 5 nitrogen and oxygen atoms in total. The molecule has 1 amide bonds. The summed E-state index contributed by atoms with van der Waals surface area (Å²) in [5, 5.41) is 2.88. The van der Waals surface area contributed by atoms with E-state index in [9.17, 15) is 9.59 Å². The molecule has 1 N–H and O–H groups in total. The van der Waals surface area contributed by atoms with Crippen LogP contribution in [0.25, 0.3) is 0 Å². The third-order valence-electron chi connectivity index (χ3n) is 4.10. The zero-order valence-corrected chi connectivity index (χ0v) is 14.1. The topological polar surface area (TPSA) is 64.6 Å². The number of esters is 1. The molecule has 0 heterocycles. The van der Waals surface area contributed by atoms with E-state index in [0.29, 0.717) is 13.0 Å². The lowest BCUT2D eigenvalue weighted by Crippen LogP contribution is -2.39. The Morgan fingerprint density at radius 1 is 1.29 bits per heavy atom. The van der Waals surface area contributed by atoms with Crippen molar-refractivity contribution in [2.45, 2.75) is 72.4 Å². The van der Waals surface area contributed by atoms with Gasteiger partial charge in [-0.1, -0.05) is 13.3 Å². The standard InChI is InChI=1S/C16H29NO4/c1-7-11-9-12(17-14(19)21-15(3,4)5)10-16(11,6)13(18)20-8-2/h11-12H,7-10H2,1-6H3,(H,17,19)/t11-,12+,16-/m1/s1. The zero-order chi connectivity index (χ0) is 16.3. The number of rotatable bonds is 4. The van der Waals surface area contributed by atoms with Crippen LogP contribution in [-0.2, 0) is 14.3 Å². The molecule has 0 aromatic rings. The van der Waals surface area contributed by atoms with Gasteiger partial charge in [0.15, 0.2) is 0 Å². The number of hydrogen-bond donors (Lipinski definition) is 1. The summed E-state index contributed by atoms with van der Waals surface area (Å²) >= 11 is 0. The molecule has 5 heteroatoms. The minimum absolute atomic E-state index is 0.0424. The third-order valence-corrected chi connectivity index (χ3v) is 4.10. The van der Waals surface area contributed by atoms with Gasteiger partial charge in [0, 0.05) is 6.04 Å². The summed E-state index contributed by atoms with van der Waals surface area (Å²) in [4.78, 5) is 24.1. The number of carbonyl (C=O) groups is 2. The van der Waals surface area contributed by atoms with Crippen LogP contribution in [0.1, 0.15) is 60.8 Å². The van der Waals surface area contributed by atoms with Crippen molar-refractivity contribution in [3.8, 4) is 0 Å². The van der Waals surface area contributed by atoms with Gasteiger partial charge < -0.3 is 14.8 Å². The molecule has 0 aliphatic heterocycles. The molecule has 1 saturated carbocycles. The maximum Gasteiger partial charge on any atom is 0.407 e. The second-order valence-electron chi connectivity index (χ2n) is 7.03. The Labute approximate surface area is 127 Å². The van der Waals surface area contributed by atoms with Crippen molar-refractivity contribution in [3.63, 3.8) is 0 Å². The van der Waals surface area contributed by atoms with Crippen molar-refractivity contribution < 1.29 is 19.1 Å². The summed E-state index contributed by atoms with van der Waals surface area (Å²) in [7, 11) is 0. The number of ether oxygens (including phenoxy) is 2. The smallest absolute Gasteiger partial charge is 0.407 e. The first-order valence-corrected chi connectivity index (χ1v) is 7.79. The Kier molecular flexibility index (Phi) is 5.65. The number of carbonyl (C=O) groups excluding carboxylic acids is 2.